The summed E-state index contributed by atoms with van der Waals surface area (Å²) in [6, 6.07) is 0.260. The third-order valence-electron chi connectivity index (χ3n) is 3.11. The van der Waals surface area contributed by atoms with Crippen LogP contribution < -0.4 is 5.32 Å². The number of nitrogens with zero attached hydrogens (tertiary/aromatic N) is 3. The van der Waals surface area contributed by atoms with E-state index < -0.39 is 0 Å². The molecule has 1 fully saturated rings. The van der Waals surface area contributed by atoms with Crippen molar-refractivity contribution in [3.8, 4) is 0 Å². The van der Waals surface area contributed by atoms with Crippen molar-refractivity contribution in [2.45, 2.75) is 32.2 Å². The molecular formula is C11H19N5O. The molecule has 1 aromatic rings. The van der Waals surface area contributed by atoms with Crippen LogP contribution in [0.1, 0.15) is 36.2 Å². The van der Waals surface area contributed by atoms with Gasteiger partial charge in [0.1, 0.15) is 5.82 Å². The zero-order valence-corrected chi connectivity index (χ0v) is 10.4. The molecule has 2 heterocycles. The monoisotopic (exact) mass is 237 g/mol. The molecule has 0 spiro atoms. The van der Waals surface area contributed by atoms with Crippen molar-refractivity contribution in [2.75, 3.05) is 20.1 Å². The number of aromatic amines is 1. The second-order valence-corrected chi connectivity index (χ2v) is 4.42. The van der Waals surface area contributed by atoms with E-state index in [0.29, 0.717) is 0 Å². The van der Waals surface area contributed by atoms with Gasteiger partial charge in [-0.1, -0.05) is 6.92 Å². The first-order chi connectivity index (χ1) is 8.22. The summed E-state index contributed by atoms with van der Waals surface area (Å²) in [4.78, 5) is 18.1. The van der Waals surface area contributed by atoms with Crippen LogP contribution in [-0.4, -0.2) is 52.2 Å². The van der Waals surface area contributed by atoms with Crippen LogP contribution in [0.15, 0.2) is 0 Å². The number of carbonyl (C=O) groups excluding carboxylic acids is 1. The summed E-state index contributed by atoms with van der Waals surface area (Å²) >= 11 is 0. The highest BCUT2D eigenvalue weighted by atomic mass is 16.2. The van der Waals surface area contributed by atoms with Crippen molar-refractivity contribution in [1.29, 1.82) is 0 Å². The minimum atomic E-state index is -0.0997. The van der Waals surface area contributed by atoms with Gasteiger partial charge in [0.05, 0.1) is 0 Å². The van der Waals surface area contributed by atoms with Gasteiger partial charge in [-0.25, -0.2) is 4.98 Å². The Morgan fingerprint density at radius 2 is 2.41 bits per heavy atom. The molecule has 0 aliphatic carbocycles. The second-order valence-electron chi connectivity index (χ2n) is 4.42. The van der Waals surface area contributed by atoms with E-state index in [-0.39, 0.29) is 17.8 Å². The molecule has 1 aromatic heterocycles. The van der Waals surface area contributed by atoms with E-state index in [9.17, 15) is 4.79 Å². The van der Waals surface area contributed by atoms with Crippen molar-refractivity contribution in [2.24, 2.45) is 0 Å². The fraction of sp³-hybridized carbons (Fsp3) is 0.727. The summed E-state index contributed by atoms with van der Waals surface area (Å²) in [5.74, 6) is 0.967. The Bertz CT molecular complexity index is 383. The molecule has 0 aromatic carbocycles. The molecule has 17 heavy (non-hydrogen) atoms. The topological polar surface area (TPSA) is 73.9 Å². The van der Waals surface area contributed by atoms with Gasteiger partial charge in [0.15, 0.2) is 0 Å². The predicted molar refractivity (Wildman–Crippen MR) is 63.7 cm³/mol. The minimum absolute atomic E-state index is 0.0997. The molecule has 6 heteroatoms. The fourth-order valence-electron chi connectivity index (χ4n) is 2.03. The molecule has 2 rings (SSSR count). The molecule has 1 amide bonds. The van der Waals surface area contributed by atoms with Crippen molar-refractivity contribution >= 4 is 5.91 Å². The zero-order valence-electron chi connectivity index (χ0n) is 10.4. The highest BCUT2D eigenvalue weighted by Gasteiger charge is 2.26. The SMILES string of the molecule is CCCc1nc(C(=O)N(C)C2CCNC2)n[nH]1. The highest BCUT2D eigenvalue weighted by Crippen LogP contribution is 2.09. The first-order valence-corrected chi connectivity index (χ1v) is 6.11. The first-order valence-electron chi connectivity index (χ1n) is 6.11. The Labute approximate surface area is 101 Å². The lowest BCUT2D eigenvalue weighted by atomic mass is 10.2. The third kappa shape index (κ3) is 2.63. The molecule has 94 valence electrons. The Hall–Kier alpha value is -1.43. The van der Waals surface area contributed by atoms with Crippen LogP contribution in [0, 0.1) is 0 Å². The van der Waals surface area contributed by atoms with Crippen LogP contribution in [0.5, 0.6) is 0 Å². The van der Waals surface area contributed by atoms with E-state index >= 15 is 0 Å². The van der Waals surface area contributed by atoms with Gasteiger partial charge < -0.3 is 10.2 Å². The van der Waals surface area contributed by atoms with E-state index in [1.165, 1.54) is 0 Å². The number of amides is 1. The summed E-state index contributed by atoms with van der Waals surface area (Å²) < 4.78 is 0. The average Bonchev–Trinajstić information content (AvgIpc) is 2.98. The molecule has 0 saturated carbocycles. The number of aromatic nitrogens is 3. The lowest BCUT2D eigenvalue weighted by Crippen LogP contribution is -2.38. The molecule has 1 unspecified atom stereocenters. The molecular weight excluding hydrogens is 218 g/mol. The Morgan fingerprint density at radius 1 is 1.59 bits per heavy atom. The van der Waals surface area contributed by atoms with Crippen molar-refractivity contribution < 1.29 is 4.79 Å². The molecule has 6 nitrogen and oxygen atoms in total. The molecule has 1 aliphatic rings. The van der Waals surface area contributed by atoms with Crippen LogP contribution >= 0.6 is 0 Å². The predicted octanol–water partition coefficient (Wildman–Crippen LogP) is 0.191. The second kappa shape index (κ2) is 5.27. The average molecular weight is 237 g/mol. The number of rotatable bonds is 4. The molecule has 0 bridgehead atoms. The quantitative estimate of drug-likeness (QED) is 0.784. The molecule has 0 radical (unpaired) electrons. The smallest absolute Gasteiger partial charge is 0.293 e. The minimum Gasteiger partial charge on any atom is -0.335 e. The maximum atomic E-state index is 12.1. The Morgan fingerprint density at radius 3 is 3.06 bits per heavy atom. The van der Waals surface area contributed by atoms with Gasteiger partial charge >= 0.3 is 0 Å². The zero-order chi connectivity index (χ0) is 12.3. The summed E-state index contributed by atoms with van der Waals surface area (Å²) in [5, 5.41) is 10.0. The summed E-state index contributed by atoms with van der Waals surface area (Å²) in [6.07, 6.45) is 2.81. The Kier molecular flexibility index (Phi) is 3.73. The van der Waals surface area contributed by atoms with Gasteiger partial charge in [0.2, 0.25) is 5.82 Å². The number of hydrogen-bond donors (Lipinski definition) is 2. The van der Waals surface area contributed by atoms with Gasteiger partial charge in [-0.15, -0.1) is 5.10 Å². The summed E-state index contributed by atoms with van der Waals surface area (Å²) in [7, 11) is 1.82. The summed E-state index contributed by atoms with van der Waals surface area (Å²) in [6.45, 7) is 3.90. The number of H-pyrrole nitrogens is 1. The largest absolute Gasteiger partial charge is 0.335 e. The highest BCUT2D eigenvalue weighted by molar-refractivity contribution is 5.90. The number of nitrogens with one attached hydrogen (secondary N) is 2. The molecule has 2 N–H and O–H groups in total. The van der Waals surface area contributed by atoms with Gasteiger partial charge in [0, 0.05) is 26.1 Å². The van der Waals surface area contributed by atoms with Crippen LogP contribution in [0.4, 0.5) is 0 Å². The van der Waals surface area contributed by atoms with Gasteiger partial charge in [-0.2, -0.15) is 0 Å². The van der Waals surface area contributed by atoms with E-state index in [0.717, 1.165) is 38.2 Å². The number of likely N-dealkylation sites (N-methyl/N-ethyl adjacent to an activating group) is 1. The molecule has 1 atom stereocenters. The lowest BCUT2D eigenvalue weighted by Gasteiger charge is -2.22. The van der Waals surface area contributed by atoms with E-state index in [2.05, 4.69) is 27.4 Å². The fourth-order valence-corrected chi connectivity index (χ4v) is 2.03. The van der Waals surface area contributed by atoms with Crippen molar-refractivity contribution in [3.63, 3.8) is 0 Å². The van der Waals surface area contributed by atoms with Crippen molar-refractivity contribution in [3.05, 3.63) is 11.6 Å². The molecule has 1 saturated heterocycles. The van der Waals surface area contributed by atoms with Gasteiger partial charge in [-0.05, 0) is 19.4 Å². The molecule has 1 aliphatic heterocycles. The van der Waals surface area contributed by atoms with Gasteiger partial charge in [0.25, 0.3) is 5.91 Å². The van der Waals surface area contributed by atoms with Crippen molar-refractivity contribution in [1.82, 2.24) is 25.4 Å². The van der Waals surface area contributed by atoms with Crippen LogP contribution in [0.25, 0.3) is 0 Å². The first kappa shape index (κ1) is 12.0. The number of hydrogen-bond acceptors (Lipinski definition) is 4. The lowest BCUT2D eigenvalue weighted by molar-refractivity contribution is 0.0732. The standard InChI is InChI=1S/C11H19N5O/c1-3-4-9-13-10(15-14-9)11(17)16(2)8-5-6-12-7-8/h8,12H,3-7H2,1-2H3,(H,13,14,15). The van der Waals surface area contributed by atoms with Gasteiger partial charge in [-0.3, -0.25) is 9.89 Å². The Balaban J connectivity index is 2.02. The van der Waals surface area contributed by atoms with Crippen LogP contribution in [0.3, 0.4) is 0 Å². The van der Waals surface area contributed by atoms with E-state index in [1.807, 2.05) is 7.05 Å². The van der Waals surface area contributed by atoms with Crippen LogP contribution in [-0.2, 0) is 6.42 Å². The maximum Gasteiger partial charge on any atom is 0.293 e. The third-order valence-corrected chi connectivity index (χ3v) is 3.11. The van der Waals surface area contributed by atoms with Crippen LogP contribution in [0.2, 0.25) is 0 Å². The summed E-state index contributed by atoms with van der Waals surface area (Å²) in [5.41, 5.74) is 0. The van der Waals surface area contributed by atoms with E-state index in [1.54, 1.807) is 4.90 Å². The number of aryl methyl sites for hydroxylation is 1. The maximum absolute atomic E-state index is 12.1. The number of carbonyl (C=O) groups is 1. The van der Waals surface area contributed by atoms with E-state index in [4.69, 9.17) is 0 Å². The normalized spacial score (nSPS) is 19.5.